The molecule has 0 spiro atoms. The van der Waals surface area contributed by atoms with E-state index in [2.05, 4.69) is 236 Å². The minimum Gasteiger partial charge on any atom is -0.307 e. The standard InChI is InChI=1S/C58H38N2S/c1-5-17-39(18-6-1)40-29-32-45(33-30-40)60(55-38-59-37-51-48-34-31-42-21-13-14-26-46(42)56(48)61-57(51)55)54-36-53-50(35-49(54)41-19-7-2-8-20-41)47-27-15-16-28-52(47)58(53,43-22-9-3-10-23-43)44-24-11-4-12-25-44/h1-38H. The van der Waals surface area contributed by atoms with Gasteiger partial charge in [0.15, 0.2) is 0 Å². The van der Waals surface area contributed by atoms with E-state index in [1.807, 2.05) is 11.3 Å². The third-order valence-electron chi connectivity index (χ3n) is 12.6. The summed E-state index contributed by atoms with van der Waals surface area (Å²) in [6.45, 7) is 0. The van der Waals surface area contributed by atoms with Crippen LogP contribution in [0.25, 0.3) is 64.3 Å². The van der Waals surface area contributed by atoms with Crippen molar-refractivity contribution in [1.29, 1.82) is 0 Å². The van der Waals surface area contributed by atoms with Crippen LogP contribution in [0.4, 0.5) is 17.1 Å². The van der Waals surface area contributed by atoms with Crippen LogP contribution < -0.4 is 4.90 Å². The molecule has 286 valence electrons. The van der Waals surface area contributed by atoms with Crippen LogP contribution in [0.5, 0.6) is 0 Å². The number of nitrogens with zero attached hydrogens (tertiary/aromatic N) is 2. The molecular formula is C58H38N2S. The number of benzene rings is 9. The Bertz CT molecular complexity index is 3350. The van der Waals surface area contributed by atoms with Gasteiger partial charge in [-0.1, -0.05) is 194 Å². The van der Waals surface area contributed by atoms with Crippen LogP contribution in [0.15, 0.2) is 231 Å². The summed E-state index contributed by atoms with van der Waals surface area (Å²) in [5, 5.41) is 4.90. The number of aromatic nitrogens is 1. The summed E-state index contributed by atoms with van der Waals surface area (Å²) in [4.78, 5) is 7.53. The zero-order chi connectivity index (χ0) is 40.3. The largest absolute Gasteiger partial charge is 0.307 e. The molecule has 0 bridgehead atoms. The van der Waals surface area contributed by atoms with Gasteiger partial charge in [0.2, 0.25) is 0 Å². The number of fused-ring (bicyclic) bond motifs is 8. The van der Waals surface area contributed by atoms with Crippen molar-refractivity contribution in [3.05, 3.63) is 253 Å². The summed E-state index contributed by atoms with van der Waals surface area (Å²) in [5.74, 6) is 0. The van der Waals surface area contributed by atoms with Gasteiger partial charge in [-0.3, -0.25) is 4.98 Å². The average Bonchev–Trinajstić information content (AvgIpc) is 3.87. The number of pyridine rings is 1. The van der Waals surface area contributed by atoms with Crippen LogP contribution in [0.1, 0.15) is 22.3 Å². The van der Waals surface area contributed by atoms with E-state index in [1.54, 1.807) is 0 Å². The van der Waals surface area contributed by atoms with Crippen molar-refractivity contribution >= 4 is 59.3 Å². The molecule has 9 aromatic carbocycles. The Hall–Kier alpha value is -7.59. The van der Waals surface area contributed by atoms with Crippen LogP contribution >= 0.6 is 11.3 Å². The number of hydrogen-bond acceptors (Lipinski definition) is 3. The second-order valence-corrected chi connectivity index (χ2v) is 16.9. The quantitative estimate of drug-likeness (QED) is 0.160. The summed E-state index contributed by atoms with van der Waals surface area (Å²) < 4.78 is 2.48. The Morgan fingerprint density at radius 1 is 0.377 bits per heavy atom. The lowest BCUT2D eigenvalue weighted by atomic mass is 9.67. The van der Waals surface area contributed by atoms with Crippen LogP contribution in [-0.4, -0.2) is 4.98 Å². The van der Waals surface area contributed by atoms with Gasteiger partial charge in [-0.2, -0.15) is 0 Å². The average molecular weight is 795 g/mol. The van der Waals surface area contributed by atoms with Gasteiger partial charge in [0.25, 0.3) is 0 Å². The molecule has 0 unspecified atom stereocenters. The zero-order valence-electron chi connectivity index (χ0n) is 33.2. The molecule has 2 nitrogen and oxygen atoms in total. The summed E-state index contributed by atoms with van der Waals surface area (Å²) in [6, 6.07) is 80.0. The fraction of sp³-hybridized carbons (Fsp3) is 0.0172. The predicted molar refractivity (Wildman–Crippen MR) is 257 cm³/mol. The lowest BCUT2D eigenvalue weighted by molar-refractivity contribution is 0.768. The predicted octanol–water partition coefficient (Wildman–Crippen LogP) is 15.8. The molecule has 11 aromatic rings. The third-order valence-corrected chi connectivity index (χ3v) is 13.9. The highest BCUT2D eigenvalue weighted by atomic mass is 32.1. The Labute approximate surface area is 359 Å². The highest BCUT2D eigenvalue weighted by Gasteiger charge is 2.47. The van der Waals surface area contributed by atoms with Crippen LogP contribution in [-0.2, 0) is 5.41 Å². The van der Waals surface area contributed by atoms with E-state index in [0.29, 0.717) is 0 Å². The SMILES string of the molecule is c1ccc(-c2ccc(N(c3cc4c(cc3-c3ccccc3)-c3ccccc3C4(c3ccccc3)c3ccccc3)c3cncc4c3sc3c5ccccc5ccc43)cc2)cc1. The molecule has 0 aliphatic heterocycles. The van der Waals surface area contributed by atoms with Crippen molar-refractivity contribution in [2.75, 3.05) is 4.90 Å². The number of rotatable bonds is 7. The molecule has 12 rings (SSSR count). The van der Waals surface area contributed by atoms with Crippen molar-refractivity contribution in [3.63, 3.8) is 0 Å². The number of anilines is 3. The van der Waals surface area contributed by atoms with E-state index in [0.717, 1.165) is 33.6 Å². The van der Waals surface area contributed by atoms with Gasteiger partial charge < -0.3 is 4.90 Å². The molecular weight excluding hydrogens is 757 g/mol. The summed E-state index contributed by atoms with van der Waals surface area (Å²) in [7, 11) is 0. The van der Waals surface area contributed by atoms with Crippen molar-refractivity contribution in [2.24, 2.45) is 0 Å². The fourth-order valence-electron chi connectivity index (χ4n) is 9.91. The molecule has 0 saturated carbocycles. The molecule has 2 heterocycles. The molecule has 2 aromatic heterocycles. The second kappa shape index (κ2) is 14.3. The van der Waals surface area contributed by atoms with Crippen molar-refractivity contribution < 1.29 is 0 Å². The molecule has 0 N–H and O–H groups in total. The molecule has 1 aliphatic carbocycles. The van der Waals surface area contributed by atoms with E-state index in [1.165, 1.54) is 70.1 Å². The molecule has 1 aliphatic rings. The maximum Gasteiger partial charge on any atom is 0.0825 e. The highest BCUT2D eigenvalue weighted by molar-refractivity contribution is 7.27. The van der Waals surface area contributed by atoms with Crippen molar-refractivity contribution in [2.45, 2.75) is 5.41 Å². The molecule has 0 amide bonds. The minimum absolute atomic E-state index is 0.567. The monoisotopic (exact) mass is 794 g/mol. The van der Waals surface area contributed by atoms with Gasteiger partial charge in [-0.05, 0) is 85.1 Å². The Kier molecular flexibility index (Phi) is 8.29. The van der Waals surface area contributed by atoms with Gasteiger partial charge in [0, 0.05) is 32.9 Å². The summed E-state index contributed by atoms with van der Waals surface area (Å²) >= 11 is 1.86. The number of thiophene rings is 1. The number of hydrogen-bond donors (Lipinski definition) is 0. The maximum atomic E-state index is 5.05. The second-order valence-electron chi connectivity index (χ2n) is 15.9. The van der Waals surface area contributed by atoms with Gasteiger partial charge in [0.1, 0.15) is 0 Å². The van der Waals surface area contributed by atoms with Crippen molar-refractivity contribution in [1.82, 2.24) is 4.98 Å². The Morgan fingerprint density at radius 3 is 1.70 bits per heavy atom. The zero-order valence-corrected chi connectivity index (χ0v) is 34.1. The third kappa shape index (κ3) is 5.51. The molecule has 61 heavy (non-hydrogen) atoms. The molecule has 0 saturated heterocycles. The van der Waals surface area contributed by atoms with Gasteiger partial charge in [0.05, 0.1) is 27.7 Å². The van der Waals surface area contributed by atoms with E-state index < -0.39 is 5.41 Å². The minimum atomic E-state index is -0.567. The maximum absolute atomic E-state index is 5.05. The lowest BCUT2D eigenvalue weighted by Crippen LogP contribution is -2.28. The van der Waals surface area contributed by atoms with E-state index in [9.17, 15) is 0 Å². The van der Waals surface area contributed by atoms with Crippen LogP contribution in [0.3, 0.4) is 0 Å². The Morgan fingerprint density at radius 2 is 0.984 bits per heavy atom. The van der Waals surface area contributed by atoms with E-state index in [-0.39, 0.29) is 0 Å². The first-order valence-electron chi connectivity index (χ1n) is 20.9. The normalized spacial score (nSPS) is 12.7. The van der Waals surface area contributed by atoms with Gasteiger partial charge in [-0.25, -0.2) is 0 Å². The first-order valence-corrected chi connectivity index (χ1v) is 21.7. The topological polar surface area (TPSA) is 16.1 Å². The van der Waals surface area contributed by atoms with Crippen LogP contribution in [0.2, 0.25) is 0 Å². The highest BCUT2D eigenvalue weighted by Crippen LogP contribution is 2.59. The van der Waals surface area contributed by atoms with E-state index >= 15 is 0 Å². The first-order chi connectivity index (χ1) is 30.3. The summed E-state index contributed by atoms with van der Waals surface area (Å²) in [5.41, 5.74) is 14.8. The smallest absolute Gasteiger partial charge is 0.0825 e. The van der Waals surface area contributed by atoms with Crippen LogP contribution in [0, 0.1) is 0 Å². The Balaban J connectivity index is 1.21. The lowest BCUT2D eigenvalue weighted by Gasteiger charge is -2.35. The van der Waals surface area contributed by atoms with Gasteiger partial charge >= 0.3 is 0 Å². The molecule has 0 radical (unpaired) electrons. The summed E-state index contributed by atoms with van der Waals surface area (Å²) in [6.07, 6.45) is 4.12. The first kappa shape index (κ1) is 35.4. The van der Waals surface area contributed by atoms with E-state index in [4.69, 9.17) is 4.98 Å². The van der Waals surface area contributed by atoms with Gasteiger partial charge in [-0.15, -0.1) is 11.3 Å². The molecule has 0 atom stereocenters. The fourth-order valence-corrected chi connectivity index (χ4v) is 11.2. The van der Waals surface area contributed by atoms with Crippen molar-refractivity contribution in [3.8, 4) is 33.4 Å². The molecule has 3 heteroatoms. The molecule has 0 fully saturated rings.